The van der Waals surface area contributed by atoms with Gasteiger partial charge in [-0.3, -0.25) is 0 Å². The van der Waals surface area contributed by atoms with E-state index in [1.54, 1.807) is 0 Å². The third-order valence-electron chi connectivity index (χ3n) is 5.20. The summed E-state index contributed by atoms with van der Waals surface area (Å²) in [4.78, 5) is 0. The first kappa shape index (κ1) is 20.4. The van der Waals surface area contributed by atoms with E-state index in [-0.39, 0.29) is 11.8 Å². The topological polar surface area (TPSA) is 20.2 Å². The summed E-state index contributed by atoms with van der Waals surface area (Å²) in [5.41, 5.74) is 0. The van der Waals surface area contributed by atoms with Gasteiger partial charge in [-0.1, -0.05) is 106 Å². The summed E-state index contributed by atoms with van der Waals surface area (Å²) in [5, 5.41) is 11.8. The molecule has 0 saturated carbocycles. The van der Waals surface area contributed by atoms with Gasteiger partial charge in [0.15, 0.2) is 0 Å². The van der Waals surface area contributed by atoms with Crippen molar-refractivity contribution in [3.05, 3.63) is 60.7 Å². The van der Waals surface area contributed by atoms with Gasteiger partial charge in [-0.25, -0.2) is 0 Å². The second kappa shape index (κ2) is 9.12. The van der Waals surface area contributed by atoms with Gasteiger partial charge in [-0.05, 0) is 29.4 Å². The van der Waals surface area contributed by atoms with Crippen molar-refractivity contribution in [3.8, 4) is 0 Å². The van der Waals surface area contributed by atoms with Gasteiger partial charge >= 0.3 is 0 Å². The minimum atomic E-state index is -1.92. The zero-order valence-corrected chi connectivity index (χ0v) is 17.4. The van der Waals surface area contributed by atoms with Gasteiger partial charge in [0, 0.05) is 17.8 Å². The minimum Gasteiger partial charge on any atom is -0.396 e. The van der Waals surface area contributed by atoms with E-state index in [1.807, 2.05) is 0 Å². The monoisotopic (exact) mass is 374 g/mol. The molecule has 1 N–H and O–H groups in total. The fourth-order valence-electron chi connectivity index (χ4n) is 3.53. The maximum Gasteiger partial charge on any atom is 0.0433 e. The lowest BCUT2D eigenvalue weighted by Crippen LogP contribution is -2.33. The van der Waals surface area contributed by atoms with E-state index in [2.05, 4.69) is 81.4 Å². The van der Waals surface area contributed by atoms with Crippen LogP contribution in [0.2, 0.25) is 0 Å². The normalized spacial score (nSPS) is 13.6. The molecule has 0 amide bonds. The molecule has 1 unspecified atom stereocenters. The van der Waals surface area contributed by atoms with Crippen LogP contribution in [0.25, 0.3) is 0 Å². The first-order valence-corrected chi connectivity index (χ1v) is 12.0. The Hall–Kier alpha value is -0.950. The molecule has 0 bridgehead atoms. The van der Waals surface area contributed by atoms with Crippen LogP contribution < -0.4 is 10.6 Å². The number of aliphatic hydroxyl groups is 1. The van der Waals surface area contributed by atoms with Crippen molar-refractivity contribution in [2.45, 2.75) is 51.6 Å². The predicted molar refractivity (Wildman–Crippen MR) is 115 cm³/mol. The molecule has 0 radical (unpaired) electrons. The third-order valence-corrected chi connectivity index (χ3v) is 11.9. The van der Waals surface area contributed by atoms with Crippen LogP contribution in [-0.4, -0.2) is 16.9 Å². The average Bonchev–Trinajstić information content (AvgIpc) is 2.62. The van der Waals surface area contributed by atoms with Crippen LogP contribution in [0.4, 0.5) is 0 Å². The molecule has 0 spiro atoms. The summed E-state index contributed by atoms with van der Waals surface area (Å²) >= 11 is 6.47. The standard InChI is InChI=1S/C22H31OPS/c1-19(16-18-23)11-10-17-22(2,3)24(25,20-12-6-4-7-13-20)21-14-8-5-9-15-21/h4-9,12-15,19,23H,10-11,16-18H2,1-3H3. The Morgan fingerprint density at radius 1 is 0.920 bits per heavy atom. The van der Waals surface area contributed by atoms with E-state index in [0.29, 0.717) is 5.92 Å². The molecule has 2 aromatic rings. The fourth-order valence-corrected chi connectivity index (χ4v) is 7.89. The van der Waals surface area contributed by atoms with Gasteiger partial charge < -0.3 is 5.11 Å². The molecule has 0 fully saturated rings. The number of hydrogen-bond acceptors (Lipinski definition) is 2. The molecule has 0 heterocycles. The molecule has 0 aromatic heterocycles. The zero-order valence-electron chi connectivity index (χ0n) is 15.7. The van der Waals surface area contributed by atoms with E-state index in [4.69, 9.17) is 16.9 Å². The number of rotatable bonds is 9. The van der Waals surface area contributed by atoms with Crippen molar-refractivity contribution in [3.63, 3.8) is 0 Å². The largest absolute Gasteiger partial charge is 0.396 e. The van der Waals surface area contributed by atoms with Crippen LogP contribution >= 0.6 is 6.04 Å². The summed E-state index contributed by atoms with van der Waals surface area (Å²) in [5.74, 6) is 0.576. The highest BCUT2D eigenvalue weighted by Gasteiger charge is 2.38. The number of hydrogen-bond donors (Lipinski definition) is 1. The van der Waals surface area contributed by atoms with E-state index < -0.39 is 6.04 Å². The number of benzene rings is 2. The summed E-state index contributed by atoms with van der Waals surface area (Å²) in [6, 6.07) is 19.5. The van der Waals surface area contributed by atoms with E-state index in [0.717, 1.165) is 25.7 Å². The molecule has 25 heavy (non-hydrogen) atoms. The van der Waals surface area contributed by atoms with E-state index in [9.17, 15) is 0 Å². The molecule has 0 aliphatic heterocycles. The predicted octanol–water partition coefficient (Wildman–Crippen LogP) is 5.08. The lowest BCUT2D eigenvalue weighted by molar-refractivity contribution is 0.256. The van der Waals surface area contributed by atoms with Crippen LogP contribution in [0.3, 0.4) is 0 Å². The second-order valence-corrected chi connectivity index (χ2v) is 12.7. The molecule has 3 heteroatoms. The summed E-state index contributed by atoms with van der Waals surface area (Å²) in [7, 11) is 0. The lowest BCUT2D eigenvalue weighted by atomic mass is 9.97. The molecule has 1 atom stereocenters. The highest BCUT2D eigenvalue weighted by Crippen LogP contribution is 2.58. The fraction of sp³-hybridized carbons (Fsp3) is 0.455. The van der Waals surface area contributed by atoms with Crippen molar-refractivity contribution < 1.29 is 5.11 Å². The van der Waals surface area contributed by atoms with Gasteiger partial charge in [-0.15, -0.1) is 0 Å². The Morgan fingerprint density at radius 2 is 1.40 bits per heavy atom. The van der Waals surface area contributed by atoms with Gasteiger partial charge in [0.2, 0.25) is 0 Å². The highest BCUT2D eigenvalue weighted by molar-refractivity contribution is 8.22. The van der Waals surface area contributed by atoms with Crippen molar-refractivity contribution in [1.82, 2.24) is 0 Å². The Balaban J connectivity index is 2.31. The minimum absolute atomic E-state index is 0.0595. The van der Waals surface area contributed by atoms with Crippen LogP contribution in [0.1, 0.15) is 46.5 Å². The molecule has 2 aromatic carbocycles. The first-order valence-electron chi connectivity index (χ1n) is 9.24. The molecule has 1 nitrogen and oxygen atoms in total. The molecule has 0 aliphatic rings. The average molecular weight is 375 g/mol. The maximum atomic E-state index is 9.11. The molecule has 0 saturated heterocycles. The quantitative estimate of drug-likeness (QED) is 0.617. The van der Waals surface area contributed by atoms with Crippen LogP contribution in [0.5, 0.6) is 0 Å². The molecule has 136 valence electrons. The summed E-state index contributed by atoms with van der Waals surface area (Å²) in [6.07, 6.45) is 4.32. The van der Waals surface area contributed by atoms with E-state index >= 15 is 0 Å². The van der Waals surface area contributed by atoms with Crippen molar-refractivity contribution in [2.75, 3.05) is 6.61 Å². The first-order chi connectivity index (χ1) is 11.9. The van der Waals surface area contributed by atoms with Gasteiger partial charge in [0.05, 0.1) is 0 Å². The van der Waals surface area contributed by atoms with E-state index in [1.165, 1.54) is 10.6 Å². The molecule has 2 rings (SSSR count). The summed E-state index contributed by atoms with van der Waals surface area (Å²) < 4.78 is 0. The zero-order chi connectivity index (χ0) is 18.3. The summed E-state index contributed by atoms with van der Waals surface area (Å²) in [6.45, 7) is 7.22. The SMILES string of the molecule is CC(CCO)CCCC(C)(C)P(=S)(c1ccccc1)c1ccccc1. The molecular weight excluding hydrogens is 343 g/mol. The second-order valence-electron chi connectivity index (χ2n) is 7.60. The smallest absolute Gasteiger partial charge is 0.0433 e. The Bertz CT molecular complexity index is 638. The van der Waals surface area contributed by atoms with Crippen molar-refractivity contribution in [2.24, 2.45) is 5.92 Å². The Labute approximate surface area is 158 Å². The van der Waals surface area contributed by atoms with Crippen LogP contribution in [-0.2, 0) is 11.8 Å². The van der Waals surface area contributed by atoms with Crippen molar-refractivity contribution in [1.29, 1.82) is 0 Å². The molecule has 0 aliphatic carbocycles. The lowest BCUT2D eigenvalue weighted by Gasteiger charge is -2.39. The van der Waals surface area contributed by atoms with Gasteiger partial charge in [0.25, 0.3) is 0 Å². The maximum absolute atomic E-state index is 9.11. The van der Waals surface area contributed by atoms with Gasteiger partial charge in [-0.2, -0.15) is 0 Å². The number of aliphatic hydroxyl groups excluding tert-OH is 1. The highest BCUT2D eigenvalue weighted by atomic mass is 32.4. The Kier molecular flexibility index (Phi) is 7.43. The van der Waals surface area contributed by atoms with Gasteiger partial charge in [0.1, 0.15) is 0 Å². The van der Waals surface area contributed by atoms with Crippen LogP contribution in [0, 0.1) is 5.92 Å². The van der Waals surface area contributed by atoms with Crippen LogP contribution in [0.15, 0.2) is 60.7 Å². The third kappa shape index (κ3) is 4.82. The Morgan fingerprint density at radius 3 is 1.84 bits per heavy atom. The van der Waals surface area contributed by atoms with Crippen molar-refractivity contribution >= 4 is 28.5 Å². The molecular formula is C22H31OPS.